The van der Waals surface area contributed by atoms with Gasteiger partial charge < -0.3 is 15.9 Å². The molecule has 0 spiro atoms. The summed E-state index contributed by atoms with van der Waals surface area (Å²) in [6.45, 7) is 1.29. The van der Waals surface area contributed by atoms with Crippen LogP contribution in [0.2, 0.25) is 0 Å². The highest BCUT2D eigenvalue weighted by Crippen LogP contribution is 2.03. The molecule has 0 fully saturated rings. The van der Waals surface area contributed by atoms with Gasteiger partial charge in [0.15, 0.2) is 0 Å². The second kappa shape index (κ2) is 4.24. The molecule has 1 unspecified atom stereocenters. The number of hydrogen-bond acceptors (Lipinski definition) is 3. The van der Waals surface area contributed by atoms with Gasteiger partial charge in [-0.15, -0.1) is 0 Å². The second-order valence-electron chi connectivity index (χ2n) is 2.38. The summed E-state index contributed by atoms with van der Waals surface area (Å²) in [5.74, 6) is -0.824. The fraction of sp³-hybridized carbons (Fsp3) is 0.833. The summed E-state index contributed by atoms with van der Waals surface area (Å²) < 4.78 is 0. The van der Waals surface area contributed by atoms with Gasteiger partial charge >= 0.3 is 0 Å². The van der Waals surface area contributed by atoms with Gasteiger partial charge in [-0.05, 0) is 6.42 Å². The number of rotatable bonds is 4. The molecule has 0 saturated heterocycles. The van der Waals surface area contributed by atoms with E-state index in [0.717, 1.165) is 0 Å². The van der Waals surface area contributed by atoms with Crippen molar-refractivity contribution in [3.63, 3.8) is 0 Å². The molecule has 2 atom stereocenters. The fourth-order valence-electron chi connectivity index (χ4n) is 0.599. The fourth-order valence-corrected chi connectivity index (χ4v) is 0.599. The Labute approximate surface area is 59.7 Å². The topological polar surface area (TPSA) is 83.6 Å². The molecule has 60 valence electrons. The molecule has 10 heavy (non-hydrogen) atoms. The third-order valence-corrected chi connectivity index (χ3v) is 1.32. The lowest BCUT2D eigenvalue weighted by Gasteiger charge is -2.10. The van der Waals surface area contributed by atoms with Crippen LogP contribution < -0.4 is 5.73 Å². The summed E-state index contributed by atoms with van der Waals surface area (Å²) in [4.78, 5) is 10.4. The lowest BCUT2D eigenvalue weighted by molar-refractivity contribution is -0.122. The summed E-state index contributed by atoms with van der Waals surface area (Å²) >= 11 is 0. The third kappa shape index (κ3) is 3.42. The number of hydrogen-bond donors (Lipinski definition) is 3. The maximum Gasteiger partial charge on any atom is 0.220 e. The normalized spacial score (nSPS) is 16.3. The summed E-state index contributed by atoms with van der Waals surface area (Å²) in [6.07, 6.45) is -0.603. The highest BCUT2D eigenvalue weighted by atomic mass is 16.3. The average molecular weight is 147 g/mol. The number of carbonyl (C=O) groups excluding carboxylic acids is 1. The maximum atomic E-state index is 10.4. The van der Waals surface area contributed by atoms with Crippen molar-refractivity contribution in [3.8, 4) is 0 Å². The molecule has 4 N–H and O–H groups in total. The van der Waals surface area contributed by atoms with Gasteiger partial charge in [-0.1, -0.05) is 6.92 Å². The summed E-state index contributed by atoms with van der Waals surface area (Å²) in [5, 5.41) is 17.2. The molecule has 0 aromatic rings. The summed E-state index contributed by atoms with van der Waals surface area (Å²) in [6, 6.07) is 0. The largest absolute Gasteiger partial charge is 0.394 e. The van der Waals surface area contributed by atoms with Crippen LogP contribution in [-0.2, 0) is 4.79 Å². The van der Waals surface area contributed by atoms with E-state index < -0.39 is 12.0 Å². The average Bonchev–Trinajstić information content (AvgIpc) is 1.87. The zero-order valence-corrected chi connectivity index (χ0v) is 5.95. The Bertz CT molecular complexity index is 116. The first kappa shape index (κ1) is 9.39. The quantitative estimate of drug-likeness (QED) is 0.469. The zero-order valence-electron chi connectivity index (χ0n) is 5.95. The molecular formula is C6H13NO3. The van der Waals surface area contributed by atoms with Crippen molar-refractivity contribution in [3.05, 3.63) is 0 Å². The molecule has 0 aliphatic carbocycles. The van der Waals surface area contributed by atoms with Crippen molar-refractivity contribution in [2.75, 3.05) is 6.61 Å². The SMILES string of the molecule is CC(C[C@@H](O)CO)C(N)=O. The van der Waals surface area contributed by atoms with Crippen LogP contribution in [0.25, 0.3) is 0 Å². The van der Waals surface area contributed by atoms with Crippen molar-refractivity contribution < 1.29 is 15.0 Å². The minimum atomic E-state index is -0.831. The Morgan fingerprint density at radius 2 is 2.20 bits per heavy atom. The Morgan fingerprint density at radius 1 is 1.70 bits per heavy atom. The number of carbonyl (C=O) groups is 1. The van der Waals surface area contributed by atoms with E-state index in [1.54, 1.807) is 6.92 Å². The van der Waals surface area contributed by atoms with Gasteiger partial charge in [0.2, 0.25) is 5.91 Å². The van der Waals surface area contributed by atoms with Gasteiger partial charge in [0, 0.05) is 5.92 Å². The lowest BCUT2D eigenvalue weighted by atomic mass is 10.0. The van der Waals surface area contributed by atoms with Crippen molar-refractivity contribution in [2.45, 2.75) is 19.4 Å². The van der Waals surface area contributed by atoms with Gasteiger partial charge in [-0.2, -0.15) is 0 Å². The second-order valence-corrected chi connectivity index (χ2v) is 2.38. The predicted molar refractivity (Wildman–Crippen MR) is 36.1 cm³/mol. The van der Waals surface area contributed by atoms with Crippen LogP contribution in [0.3, 0.4) is 0 Å². The van der Waals surface area contributed by atoms with Crippen LogP contribution in [-0.4, -0.2) is 28.8 Å². The molecular weight excluding hydrogens is 134 g/mol. The number of amides is 1. The van der Waals surface area contributed by atoms with Crippen LogP contribution in [0.15, 0.2) is 0 Å². The number of nitrogens with two attached hydrogens (primary N) is 1. The van der Waals surface area contributed by atoms with E-state index in [1.165, 1.54) is 0 Å². The van der Waals surface area contributed by atoms with Crippen molar-refractivity contribution in [1.82, 2.24) is 0 Å². The summed E-state index contributed by atoms with van der Waals surface area (Å²) in [5.41, 5.74) is 4.91. The molecule has 0 heterocycles. The molecule has 1 amide bonds. The van der Waals surface area contributed by atoms with E-state index >= 15 is 0 Å². The first-order valence-electron chi connectivity index (χ1n) is 3.16. The van der Waals surface area contributed by atoms with Crippen LogP contribution in [0.5, 0.6) is 0 Å². The molecule has 4 nitrogen and oxygen atoms in total. The van der Waals surface area contributed by atoms with E-state index in [-0.39, 0.29) is 18.9 Å². The van der Waals surface area contributed by atoms with Gasteiger partial charge in [0.1, 0.15) is 0 Å². The number of aliphatic hydroxyl groups excluding tert-OH is 2. The Morgan fingerprint density at radius 3 is 2.50 bits per heavy atom. The maximum absolute atomic E-state index is 10.4. The van der Waals surface area contributed by atoms with E-state index in [9.17, 15) is 4.79 Å². The zero-order chi connectivity index (χ0) is 8.15. The molecule has 0 aromatic carbocycles. The summed E-state index contributed by atoms with van der Waals surface area (Å²) in [7, 11) is 0. The molecule has 0 bridgehead atoms. The first-order valence-corrected chi connectivity index (χ1v) is 3.16. The van der Waals surface area contributed by atoms with Crippen LogP contribution in [0.1, 0.15) is 13.3 Å². The smallest absolute Gasteiger partial charge is 0.220 e. The van der Waals surface area contributed by atoms with Crippen molar-refractivity contribution >= 4 is 5.91 Å². The van der Waals surface area contributed by atoms with Gasteiger partial charge in [0.25, 0.3) is 0 Å². The monoisotopic (exact) mass is 147 g/mol. The molecule has 0 aromatic heterocycles. The number of primary amides is 1. The molecule has 4 heteroatoms. The molecule has 0 rings (SSSR count). The molecule has 0 radical (unpaired) electrons. The third-order valence-electron chi connectivity index (χ3n) is 1.32. The Hall–Kier alpha value is -0.610. The molecule has 0 saturated carbocycles. The predicted octanol–water partition coefficient (Wildman–Crippen LogP) is -1.15. The van der Waals surface area contributed by atoms with Gasteiger partial charge in [-0.25, -0.2) is 0 Å². The molecule has 0 aliphatic heterocycles. The number of aliphatic hydroxyl groups is 2. The van der Waals surface area contributed by atoms with Crippen LogP contribution in [0, 0.1) is 5.92 Å². The molecule has 0 aliphatic rings. The highest BCUT2D eigenvalue weighted by Gasteiger charge is 2.13. The highest BCUT2D eigenvalue weighted by molar-refractivity contribution is 5.76. The first-order chi connectivity index (χ1) is 4.57. The van der Waals surface area contributed by atoms with E-state index in [1.807, 2.05) is 0 Å². The Balaban J connectivity index is 3.56. The van der Waals surface area contributed by atoms with Gasteiger partial charge in [-0.3, -0.25) is 4.79 Å². The minimum Gasteiger partial charge on any atom is -0.394 e. The van der Waals surface area contributed by atoms with Crippen LogP contribution >= 0.6 is 0 Å². The van der Waals surface area contributed by atoms with Gasteiger partial charge in [0.05, 0.1) is 12.7 Å². The van der Waals surface area contributed by atoms with E-state index in [2.05, 4.69) is 0 Å². The van der Waals surface area contributed by atoms with Crippen LogP contribution in [0.4, 0.5) is 0 Å². The standard InChI is InChI=1S/C6H13NO3/c1-4(6(7)10)2-5(9)3-8/h4-5,8-9H,2-3H2,1H3,(H2,7,10)/t4?,5-/m1/s1. The minimum absolute atomic E-state index is 0.228. The Kier molecular flexibility index (Phi) is 3.99. The van der Waals surface area contributed by atoms with E-state index in [0.29, 0.717) is 0 Å². The van der Waals surface area contributed by atoms with E-state index in [4.69, 9.17) is 15.9 Å². The van der Waals surface area contributed by atoms with Crippen molar-refractivity contribution in [1.29, 1.82) is 0 Å². The lowest BCUT2D eigenvalue weighted by Crippen LogP contribution is -2.26. The van der Waals surface area contributed by atoms with Crippen molar-refractivity contribution in [2.24, 2.45) is 11.7 Å².